The van der Waals surface area contributed by atoms with E-state index in [9.17, 15) is 22.4 Å². The van der Waals surface area contributed by atoms with Crippen LogP contribution in [0.1, 0.15) is 31.2 Å². The first-order valence-corrected chi connectivity index (χ1v) is 12.3. The molecule has 0 saturated carbocycles. The van der Waals surface area contributed by atoms with Crippen molar-refractivity contribution in [2.24, 2.45) is 0 Å². The van der Waals surface area contributed by atoms with Gasteiger partial charge >= 0.3 is 5.97 Å². The summed E-state index contributed by atoms with van der Waals surface area (Å²) >= 11 is 5.65. The van der Waals surface area contributed by atoms with Gasteiger partial charge in [0.25, 0.3) is 5.91 Å². The second-order valence-electron chi connectivity index (χ2n) is 7.50. The lowest BCUT2D eigenvalue weighted by Gasteiger charge is -2.19. The van der Waals surface area contributed by atoms with E-state index in [2.05, 4.69) is 5.32 Å². The number of esters is 1. The number of rotatable bonds is 7. The topological polar surface area (TPSA) is 92.8 Å². The van der Waals surface area contributed by atoms with Crippen LogP contribution < -0.4 is 5.32 Å². The Kier molecular flexibility index (Phi) is 8.60. The van der Waals surface area contributed by atoms with Crippen LogP contribution in [0.2, 0.25) is 5.02 Å². The second-order valence-corrected chi connectivity index (χ2v) is 9.88. The number of hydrogen-bond acceptors (Lipinski definition) is 5. The fourth-order valence-electron chi connectivity index (χ4n) is 3.31. The standard InChI is InChI=1S/C23H24ClFN2O5S/c24-18-8-11-21(20(25)15-18)26-22(28)16-32-23(29)12-7-17-5-9-19(10-6-17)33(30,31)27-13-3-1-2-4-14-27/h5-12,15H,1-4,13-14,16H2,(H,26,28). The van der Waals surface area contributed by atoms with Crippen LogP contribution in [0, 0.1) is 5.82 Å². The molecule has 2 aromatic carbocycles. The van der Waals surface area contributed by atoms with Crippen molar-refractivity contribution in [2.75, 3.05) is 25.0 Å². The average molecular weight is 495 g/mol. The van der Waals surface area contributed by atoms with Crippen molar-refractivity contribution < 1.29 is 27.1 Å². The maximum Gasteiger partial charge on any atom is 0.331 e. The van der Waals surface area contributed by atoms with Crippen LogP contribution in [0.25, 0.3) is 6.08 Å². The van der Waals surface area contributed by atoms with Gasteiger partial charge in [0.05, 0.1) is 10.6 Å². The average Bonchev–Trinajstić information content (AvgIpc) is 3.09. The highest BCUT2D eigenvalue weighted by atomic mass is 35.5. The number of amides is 1. The molecule has 0 unspecified atom stereocenters. The van der Waals surface area contributed by atoms with Gasteiger partial charge in [-0.25, -0.2) is 17.6 Å². The van der Waals surface area contributed by atoms with E-state index in [0.29, 0.717) is 18.7 Å². The van der Waals surface area contributed by atoms with Crippen LogP contribution in [-0.2, 0) is 24.3 Å². The number of nitrogens with zero attached hydrogens (tertiary/aromatic N) is 1. The van der Waals surface area contributed by atoms with Crippen molar-refractivity contribution in [1.29, 1.82) is 0 Å². The predicted octanol–water partition coefficient (Wildman–Crippen LogP) is 4.24. The molecule has 0 bridgehead atoms. The highest BCUT2D eigenvalue weighted by molar-refractivity contribution is 7.89. The van der Waals surface area contributed by atoms with E-state index < -0.39 is 34.3 Å². The van der Waals surface area contributed by atoms with Gasteiger partial charge in [-0.15, -0.1) is 0 Å². The third kappa shape index (κ3) is 7.12. The third-order valence-electron chi connectivity index (χ3n) is 5.05. The molecule has 33 heavy (non-hydrogen) atoms. The number of carbonyl (C=O) groups excluding carboxylic acids is 2. The van der Waals surface area contributed by atoms with E-state index >= 15 is 0 Å². The van der Waals surface area contributed by atoms with Crippen molar-refractivity contribution in [2.45, 2.75) is 30.6 Å². The molecule has 0 radical (unpaired) electrons. The summed E-state index contributed by atoms with van der Waals surface area (Å²) in [6.07, 6.45) is 6.34. The van der Waals surface area contributed by atoms with Gasteiger partial charge in [0.1, 0.15) is 5.82 Å². The molecule has 1 aliphatic rings. The van der Waals surface area contributed by atoms with E-state index in [0.717, 1.165) is 37.8 Å². The SMILES string of the molecule is O=C(COC(=O)C=Cc1ccc(S(=O)(=O)N2CCCCCC2)cc1)Nc1ccc(Cl)cc1F. The number of nitrogens with one attached hydrogen (secondary N) is 1. The Morgan fingerprint density at radius 3 is 2.36 bits per heavy atom. The summed E-state index contributed by atoms with van der Waals surface area (Å²) in [4.78, 5) is 23.9. The first kappa shape index (κ1) is 24.9. The van der Waals surface area contributed by atoms with Gasteiger partial charge in [0, 0.05) is 24.2 Å². The second kappa shape index (κ2) is 11.4. The minimum Gasteiger partial charge on any atom is -0.452 e. The molecule has 1 aliphatic heterocycles. The van der Waals surface area contributed by atoms with Crippen LogP contribution >= 0.6 is 11.6 Å². The quantitative estimate of drug-likeness (QED) is 0.459. The van der Waals surface area contributed by atoms with Crippen LogP contribution in [0.3, 0.4) is 0 Å². The number of sulfonamides is 1. The molecule has 1 heterocycles. The van der Waals surface area contributed by atoms with Gasteiger partial charge in [-0.05, 0) is 54.8 Å². The van der Waals surface area contributed by atoms with Crippen LogP contribution in [-0.4, -0.2) is 44.3 Å². The molecule has 0 aliphatic carbocycles. The van der Waals surface area contributed by atoms with E-state index in [4.69, 9.17) is 16.3 Å². The summed E-state index contributed by atoms with van der Waals surface area (Å²) in [7, 11) is -3.54. The zero-order valence-electron chi connectivity index (χ0n) is 17.8. The van der Waals surface area contributed by atoms with Gasteiger partial charge in [-0.2, -0.15) is 4.31 Å². The first-order chi connectivity index (χ1) is 15.8. The number of anilines is 1. The Labute approximate surface area is 197 Å². The van der Waals surface area contributed by atoms with Crippen molar-refractivity contribution in [3.63, 3.8) is 0 Å². The molecule has 3 rings (SSSR count). The highest BCUT2D eigenvalue weighted by Gasteiger charge is 2.24. The predicted molar refractivity (Wildman–Crippen MR) is 124 cm³/mol. The van der Waals surface area contributed by atoms with Crippen molar-refractivity contribution in [3.8, 4) is 0 Å². The van der Waals surface area contributed by atoms with Crippen molar-refractivity contribution in [3.05, 3.63) is 64.9 Å². The molecule has 7 nitrogen and oxygen atoms in total. The molecule has 0 aromatic heterocycles. The highest BCUT2D eigenvalue weighted by Crippen LogP contribution is 2.21. The molecular formula is C23H24ClFN2O5S. The number of benzene rings is 2. The summed E-state index contributed by atoms with van der Waals surface area (Å²) in [5, 5.41) is 2.47. The molecule has 0 atom stereocenters. The summed E-state index contributed by atoms with van der Waals surface area (Å²) in [6, 6.07) is 9.94. The van der Waals surface area contributed by atoms with E-state index in [1.54, 1.807) is 12.1 Å². The molecule has 176 valence electrons. The summed E-state index contributed by atoms with van der Waals surface area (Å²) < 4.78 is 45.6. The fourth-order valence-corrected chi connectivity index (χ4v) is 4.98. The Bertz CT molecular complexity index is 1130. The smallest absolute Gasteiger partial charge is 0.331 e. The largest absolute Gasteiger partial charge is 0.452 e. The lowest BCUT2D eigenvalue weighted by molar-refractivity contribution is -0.142. The van der Waals surface area contributed by atoms with Gasteiger partial charge < -0.3 is 10.1 Å². The lowest BCUT2D eigenvalue weighted by atomic mass is 10.2. The lowest BCUT2D eigenvalue weighted by Crippen LogP contribution is -2.31. The minimum absolute atomic E-state index is 0.0776. The fraction of sp³-hybridized carbons (Fsp3) is 0.304. The molecule has 1 saturated heterocycles. The number of hydrogen-bond donors (Lipinski definition) is 1. The van der Waals surface area contributed by atoms with E-state index in [1.807, 2.05) is 0 Å². The van der Waals surface area contributed by atoms with Crippen LogP contribution in [0.4, 0.5) is 10.1 Å². The molecular weight excluding hydrogens is 471 g/mol. The molecule has 1 amide bonds. The maximum atomic E-state index is 13.7. The van der Waals surface area contributed by atoms with Crippen LogP contribution in [0.5, 0.6) is 0 Å². The van der Waals surface area contributed by atoms with Gasteiger partial charge in [0.15, 0.2) is 6.61 Å². The Morgan fingerprint density at radius 2 is 1.73 bits per heavy atom. The monoisotopic (exact) mass is 494 g/mol. The zero-order chi connectivity index (χ0) is 23.8. The first-order valence-electron chi connectivity index (χ1n) is 10.5. The molecule has 1 N–H and O–H groups in total. The van der Waals surface area contributed by atoms with Crippen molar-refractivity contribution in [1.82, 2.24) is 4.31 Å². The maximum absolute atomic E-state index is 13.7. The van der Waals surface area contributed by atoms with Crippen molar-refractivity contribution >= 4 is 45.3 Å². The summed E-state index contributed by atoms with van der Waals surface area (Å²) in [6.45, 7) is 0.445. The normalized spacial score (nSPS) is 15.2. The summed E-state index contributed by atoms with van der Waals surface area (Å²) in [5.74, 6) is -2.19. The molecule has 1 fully saturated rings. The molecule has 10 heteroatoms. The number of carbonyl (C=O) groups is 2. The zero-order valence-corrected chi connectivity index (χ0v) is 19.4. The Balaban J connectivity index is 1.52. The molecule has 2 aromatic rings. The minimum atomic E-state index is -3.54. The van der Waals surface area contributed by atoms with E-state index in [-0.39, 0.29) is 15.6 Å². The van der Waals surface area contributed by atoms with Gasteiger partial charge in [-0.3, -0.25) is 4.79 Å². The number of halogens is 2. The van der Waals surface area contributed by atoms with Gasteiger partial charge in [-0.1, -0.05) is 36.6 Å². The van der Waals surface area contributed by atoms with Gasteiger partial charge in [0.2, 0.25) is 10.0 Å². The Hall–Kier alpha value is -2.75. The van der Waals surface area contributed by atoms with E-state index in [1.165, 1.54) is 34.6 Å². The third-order valence-corrected chi connectivity index (χ3v) is 7.19. The number of ether oxygens (including phenoxy) is 1. The molecule has 0 spiro atoms. The summed E-state index contributed by atoms with van der Waals surface area (Å²) in [5.41, 5.74) is 0.515. The van der Waals surface area contributed by atoms with Crippen LogP contribution in [0.15, 0.2) is 53.4 Å². The Morgan fingerprint density at radius 1 is 1.06 bits per heavy atom.